The average Bonchev–Trinajstić information content (AvgIpc) is 2.33. The summed E-state index contributed by atoms with van der Waals surface area (Å²) in [6.45, 7) is 2.00. The summed E-state index contributed by atoms with van der Waals surface area (Å²) in [4.78, 5) is 19.6. The van der Waals surface area contributed by atoms with Crippen LogP contribution in [0, 0.1) is 6.92 Å². The van der Waals surface area contributed by atoms with E-state index in [2.05, 4.69) is 9.97 Å². The monoisotopic (exact) mass is 212 g/mol. The third kappa shape index (κ3) is 2.31. The molecule has 0 radical (unpaired) electrons. The third-order valence-corrected chi connectivity index (χ3v) is 2.49. The van der Waals surface area contributed by atoms with E-state index in [1.54, 1.807) is 12.4 Å². The number of ketones is 1. The fourth-order valence-corrected chi connectivity index (χ4v) is 1.53. The van der Waals surface area contributed by atoms with Gasteiger partial charge in [-0.2, -0.15) is 0 Å². The maximum absolute atomic E-state index is 11.9. The molecule has 0 atom stereocenters. The van der Waals surface area contributed by atoms with Crippen molar-refractivity contribution in [2.24, 2.45) is 0 Å². The fraction of sp³-hybridized carbons (Fsp3) is 0.154. The van der Waals surface area contributed by atoms with Crippen LogP contribution in [0.15, 0.2) is 43.0 Å². The Bertz CT molecular complexity index is 494. The molecule has 0 fully saturated rings. The first kappa shape index (κ1) is 10.5. The quantitative estimate of drug-likeness (QED) is 0.732. The van der Waals surface area contributed by atoms with Crippen LogP contribution >= 0.6 is 0 Å². The van der Waals surface area contributed by atoms with Gasteiger partial charge in [0, 0.05) is 18.8 Å². The van der Waals surface area contributed by atoms with E-state index in [4.69, 9.17) is 0 Å². The number of carbonyl (C=O) groups is 1. The lowest BCUT2D eigenvalue weighted by Gasteiger charge is -2.03. The minimum atomic E-state index is 0.0508. The molecule has 0 spiro atoms. The van der Waals surface area contributed by atoms with E-state index in [1.165, 1.54) is 6.33 Å². The number of Topliss-reactive ketones (excluding diaryl/α,β-unsaturated/α-hetero) is 1. The fourth-order valence-electron chi connectivity index (χ4n) is 1.53. The molecule has 1 aromatic carbocycles. The zero-order chi connectivity index (χ0) is 11.4. The van der Waals surface area contributed by atoms with Crippen molar-refractivity contribution < 1.29 is 4.79 Å². The first-order valence-electron chi connectivity index (χ1n) is 5.10. The van der Waals surface area contributed by atoms with Crippen LogP contribution in [-0.4, -0.2) is 15.8 Å². The van der Waals surface area contributed by atoms with Crippen LogP contribution in [0.1, 0.15) is 21.5 Å². The SMILES string of the molecule is Cc1ccccc1CC(=O)c1cncnc1. The number of hydrogen-bond acceptors (Lipinski definition) is 3. The van der Waals surface area contributed by atoms with Crippen LogP contribution in [0.5, 0.6) is 0 Å². The Morgan fingerprint density at radius 3 is 2.56 bits per heavy atom. The molecule has 0 aliphatic carbocycles. The molecule has 80 valence electrons. The minimum Gasteiger partial charge on any atom is -0.294 e. The first-order chi connectivity index (χ1) is 7.77. The predicted molar refractivity (Wildman–Crippen MR) is 61.2 cm³/mol. The molecule has 0 saturated carbocycles. The average molecular weight is 212 g/mol. The van der Waals surface area contributed by atoms with Gasteiger partial charge in [0.1, 0.15) is 6.33 Å². The Hall–Kier alpha value is -2.03. The first-order valence-corrected chi connectivity index (χ1v) is 5.10. The van der Waals surface area contributed by atoms with Gasteiger partial charge in [-0.05, 0) is 18.1 Å². The summed E-state index contributed by atoms with van der Waals surface area (Å²) in [6.07, 6.45) is 4.92. The van der Waals surface area contributed by atoms with E-state index in [1.807, 2.05) is 31.2 Å². The molecule has 16 heavy (non-hydrogen) atoms. The highest BCUT2D eigenvalue weighted by molar-refractivity contribution is 5.97. The lowest BCUT2D eigenvalue weighted by Crippen LogP contribution is -2.05. The van der Waals surface area contributed by atoms with Crippen LogP contribution in [-0.2, 0) is 6.42 Å². The normalized spacial score (nSPS) is 10.1. The smallest absolute Gasteiger partial charge is 0.170 e. The summed E-state index contributed by atoms with van der Waals surface area (Å²) in [5.41, 5.74) is 2.75. The predicted octanol–water partition coefficient (Wildman–Crippen LogP) is 2.21. The van der Waals surface area contributed by atoms with Gasteiger partial charge in [0.15, 0.2) is 5.78 Å². The van der Waals surface area contributed by atoms with Gasteiger partial charge in [0.25, 0.3) is 0 Å². The standard InChI is InChI=1S/C13H12N2O/c1-10-4-2-3-5-11(10)6-13(16)12-7-14-9-15-8-12/h2-5,7-9H,6H2,1H3. The summed E-state index contributed by atoms with van der Waals surface area (Å²) in [7, 11) is 0. The number of benzene rings is 1. The highest BCUT2D eigenvalue weighted by Crippen LogP contribution is 2.10. The molecule has 1 heterocycles. The molecule has 0 aliphatic rings. The summed E-state index contributed by atoms with van der Waals surface area (Å²) < 4.78 is 0. The Kier molecular flexibility index (Phi) is 3.05. The number of carbonyl (C=O) groups excluding carboxylic acids is 1. The molecule has 0 bridgehead atoms. The van der Waals surface area contributed by atoms with E-state index in [0.29, 0.717) is 12.0 Å². The van der Waals surface area contributed by atoms with Gasteiger partial charge < -0.3 is 0 Å². The van der Waals surface area contributed by atoms with E-state index < -0.39 is 0 Å². The largest absolute Gasteiger partial charge is 0.294 e. The lowest BCUT2D eigenvalue weighted by molar-refractivity contribution is 0.0992. The lowest BCUT2D eigenvalue weighted by atomic mass is 10.0. The van der Waals surface area contributed by atoms with Crippen LogP contribution in [0.25, 0.3) is 0 Å². The second-order valence-electron chi connectivity index (χ2n) is 3.65. The molecular formula is C13H12N2O. The van der Waals surface area contributed by atoms with E-state index in [0.717, 1.165) is 11.1 Å². The molecule has 0 unspecified atom stereocenters. The second-order valence-corrected chi connectivity index (χ2v) is 3.65. The summed E-state index contributed by atoms with van der Waals surface area (Å²) in [6, 6.07) is 7.88. The van der Waals surface area contributed by atoms with Crippen molar-refractivity contribution in [2.45, 2.75) is 13.3 Å². The number of hydrogen-bond donors (Lipinski definition) is 0. The zero-order valence-electron chi connectivity index (χ0n) is 9.05. The number of aromatic nitrogens is 2. The Labute approximate surface area is 94.2 Å². The molecule has 0 saturated heterocycles. The topological polar surface area (TPSA) is 42.9 Å². The maximum Gasteiger partial charge on any atom is 0.170 e. The van der Waals surface area contributed by atoms with Gasteiger partial charge in [-0.3, -0.25) is 4.79 Å². The van der Waals surface area contributed by atoms with Crippen LogP contribution < -0.4 is 0 Å². The summed E-state index contributed by atoms with van der Waals surface area (Å²) in [5, 5.41) is 0. The van der Waals surface area contributed by atoms with Crippen molar-refractivity contribution in [3.63, 3.8) is 0 Å². The van der Waals surface area contributed by atoms with E-state index in [9.17, 15) is 4.79 Å². The Morgan fingerprint density at radius 2 is 1.88 bits per heavy atom. The van der Waals surface area contributed by atoms with Crippen LogP contribution in [0.2, 0.25) is 0 Å². The molecule has 0 aliphatic heterocycles. The molecular weight excluding hydrogens is 200 g/mol. The highest BCUT2D eigenvalue weighted by atomic mass is 16.1. The van der Waals surface area contributed by atoms with Crippen molar-refractivity contribution in [1.82, 2.24) is 9.97 Å². The molecule has 2 rings (SSSR count). The maximum atomic E-state index is 11.9. The Morgan fingerprint density at radius 1 is 1.19 bits per heavy atom. The number of aryl methyl sites for hydroxylation is 1. The van der Waals surface area contributed by atoms with Crippen LogP contribution in [0.4, 0.5) is 0 Å². The van der Waals surface area contributed by atoms with Crippen molar-refractivity contribution in [2.75, 3.05) is 0 Å². The van der Waals surface area contributed by atoms with Gasteiger partial charge in [0.05, 0.1) is 5.56 Å². The zero-order valence-corrected chi connectivity index (χ0v) is 9.05. The van der Waals surface area contributed by atoms with E-state index >= 15 is 0 Å². The summed E-state index contributed by atoms with van der Waals surface area (Å²) >= 11 is 0. The van der Waals surface area contributed by atoms with Gasteiger partial charge in [-0.25, -0.2) is 9.97 Å². The highest BCUT2D eigenvalue weighted by Gasteiger charge is 2.08. The number of rotatable bonds is 3. The molecule has 1 aromatic heterocycles. The summed E-state index contributed by atoms with van der Waals surface area (Å²) in [5.74, 6) is 0.0508. The molecule has 0 N–H and O–H groups in total. The van der Waals surface area contributed by atoms with Gasteiger partial charge in [-0.15, -0.1) is 0 Å². The second kappa shape index (κ2) is 4.66. The molecule has 3 nitrogen and oxygen atoms in total. The van der Waals surface area contributed by atoms with Crippen LogP contribution in [0.3, 0.4) is 0 Å². The van der Waals surface area contributed by atoms with Gasteiger partial charge in [0.2, 0.25) is 0 Å². The van der Waals surface area contributed by atoms with Crippen molar-refractivity contribution in [3.05, 3.63) is 59.7 Å². The molecule has 0 amide bonds. The number of nitrogens with zero attached hydrogens (tertiary/aromatic N) is 2. The van der Waals surface area contributed by atoms with E-state index in [-0.39, 0.29) is 5.78 Å². The Balaban J connectivity index is 2.18. The molecule has 3 heteroatoms. The van der Waals surface area contributed by atoms with Gasteiger partial charge in [-0.1, -0.05) is 24.3 Å². The minimum absolute atomic E-state index is 0.0508. The van der Waals surface area contributed by atoms with Crippen molar-refractivity contribution in [3.8, 4) is 0 Å². The molecule has 2 aromatic rings. The van der Waals surface area contributed by atoms with Crippen molar-refractivity contribution >= 4 is 5.78 Å². The van der Waals surface area contributed by atoms with Crippen molar-refractivity contribution in [1.29, 1.82) is 0 Å². The van der Waals surface area contributed by atoms with Gasteiger partial charge >= 0.3 is 0 Å². The third-order valence-electron chi connectivity index (χ3n) is 2.49.